The Bertz CT molecular complexity index is 953. The summed E-state index contributed by atoms with van der Waals surface area (Å²) in [6.45, 7) is 0.912. The van der Waals surface area contributed by atoms with Crippen LogP contribution in [0, 0.1) is 0 Å². The highest BCUT2D eigenvalue weighted by atomic mass is 35.5. The van der Waals surface area contributed by atoms with Crippen molar-refractivity contribution in [2.75, 3.05) is 19.7 Å². The number of Topliss-reactive ketones (excluding diaryl/α,β-unsaturated/α-hetero) is 1. The molecule has 1 amide bonds. The van der Waals surface area contributed by atoms with Crippen LogP contribution in [-0.2, 0) is 4.79 Å². The number of ether oxygens (including phenoxy) is 2. The predicted octanol–water partition coefficient (Wildman–Crippen LogP) is 5.05. The quantitative estimate of drug-likeness (QED) is 0.651. The highest BCUT2D eigenvalue weighted by molar-refractivity contribution is 6.36. The number of carbonyl (C=O) groups excluding carboxylic acids is 2. The summed E-state index contributed by atoms with van der Waals surface area (Å²) in [5.74, 6) is 0.823. The predicted molar refractivity (Wildman–Crippen MR) is 112 cm³/mol. The summed E-state index contributed by atoms with van der Waals surface area (Å²) in [6, 6.07) is 10.0. The highest BCUT2D eigenvalue weighted by Crippen LogP contribution is 2.44. The van der Waals surface area contributed by atoms with Gasteiger partial charge in [0.25, 0.3) is 5.91 Å². The van der Waals surface area contributed by atoms with Crippen molar-refractivity contribution in [2.24, 2.45) is 0 Å². The van der Waals surface area contributed by atoms with Crippen molar-refractivity contribution in [3.05, 3.63) is 57.0 Å². The van der Waals surface area contributed by atoms with Crippen LogP contribution in [0.5, 0.6) is 11.5 Å². The van der Waals surface area contributed by atoms with Crippen molar-refractivity contribution in [3.8, 4) is 11.5 Å². The van der Waals surface area contributed by atoms with Gasteiger partial charge in [0.1, 0.15) is 17.1 Å². The van der Waals surface area contributed by atoms with Gasteiger partial charge in [0.15, 0.2) is 12.4 Å². The molecular weight excluding hydrogens is 437 g/mol. The van der Waals surface area contributed by atoms with Gasteiger partial charge in [-0.2, -0.15) is 0 Å². The molecule has 8 heteroatoms. The van der Waals surface area contributed by atoms with Crippen LogP contribution in [0.1, 0.15) is 29.6 Å². The molecule has 0 N–H and O–H groups in total. The van der Waals surface area contributed by atoms with Crippen molar-refractivity contribution in [1.29, 1.82) is 0 Å². The van der Waals surface area contributed by atoms with E-state index in [1.807, 2.05) is 0 Å². The molecule has 1 spiro atoms. The standard InChI is InChI=1S/C21H18Cl3NO4/c22-13-1-3-15(4-2-13)28-12-19(27)25-7-5-21(6-8-25)11-18(26)16-9-14(23)10-17(24)20(16)29-21/h1-4,9-10H,5-8,11-12H2. The lowest BCUT2D eigenvalue weighted by molar-refractivity contribution is -0.136. The molecule has 1 fully saturated rings. The number of rotatable bonds is 3. The zero-order chi connectivity index (χ0) is 20.6. The minimum absolute atomic E-state index is 0.0403. The summed E-state index contributed by atoms with van der Waals surface area (Å²) >= 11 is 18.1. The number of carbonyl (C=O) groups is 2. The van der Waals surface area contributed by atoms with Gasteiger partial charge in [0, 0.05) is 36.0 Å². The van der Waals surface area contributed by atoms with E-state index in [2.05, 4.69) is 0 Å². The fourth-order valence-electron chi connectivity index (χ4n) is 3.72. The van der Waals surface area contributed by atoms with E-state index in [1.165, 1.54) is 0 Å². The SMILES string of the molecule is O=C1CC2(CCN(C(=O)COc3ccc(Cl)cc3)CC2)Oc2c(Cl)cc(Cl)cc21. The first-order valence-electron chi connectivity index (χ1n) is 9.23. The maximum Gasteiger partial charge on any atom is 0.260 e. The molecule has 0 saturated carbocycles. The van der Waals surface area contributed by atoms with Crippen LogP contribution < -0.4 is 9.47 Å². The fourth-order valence-corrected chi connectivity index (χ4v) is 4.38. The van der Waals surface area contributed by atoms with Crippen LogP contribution in [0.2, 0.25) is 15.1 Å². The molecule has 0 unspecified atom stereocenters. The average Bonchev–Trinajstić information content (AvgIpc) is 2.69. The lowest BCUT2D eigenvalue weighted by Gasteiger charge is -2.44. The number of benzene rings is 2. The van der Waals surface area contributed by atoms with Crippen molar-refractivity contribution in [3.63, 3.8) is 0 Å². The van der Waals surface area contributed by atoms with Crippen molar-refractivity contribution < 1.29 is 19.1 Å². The Balaban J connectivity index is 1.38. The largest absolute Gasteiger partial charge is 0.484 e. The van der Waals surface area contributed by atoms with E-state index in [0.29, 0.717) is 58.1 Å². The fraction of sp³-hybridized carbons (Fsp3) is 0.333. The van der Waals surface area contributed by atoms with E-state index in [1.54, 1.807) is 41.3 Å². The topological polar surface area (TPSA) is 55.8 Å². The monoisotopic (exact) mass is 453 g/mol. The van der Waals surface area contributed by atoms with Crippen LogP contribution >= 0.6 is 34.8 Å². The van der Waals surface area contributed by atoms with Gasteiger partial charge in [0.2, 0.25) is 0 Å². The zero-order valence-corrected chi connectivity index (χ0v) is 17.7. The van der Waals surface area contributed by atoms with Gasteiger partial charge in [0.05, 0.1) is 17.0 Å². The number of nitrogens with zero attached hydrogens (tertiary/aromatic N) is 1. The molecule has 4 rings (SSSR count). The molecule has 2 aromatic carbocycles. The molecule has 2 aliphatic rings. The molecule has 2 aliphatic heterocycles. The normalized spacial score (nSPS) is 17.6. The maximum atomic E-state index is 12.7. The Kier molecular flexibility index (Phi) is 5.65. The number of piperidine rings is 1. The van der Waals surface area contributed by atoms with Gasteiger partial charge in [-0.1, -0.05) is 34.8 Å². The molecule has 0 radical (unpaired) electrons. The second-order valence-electron chi connectivity index (χ2n) is 7.27. The minimum atomic E-state index is -0.643. The van der Waals surface area contributed by atoms with Gasteiger partial charge in [-0.05, 0) is 36.4 Å². The Morgan fingerprint density at radius 2 is 1.76 bits per heavy atom. The van der Waals surface area contributed by atoms with Gasteiger partial charge in [-0.15, -0.1) is 0 Å². The van der Waals surface area contributed by atoms with Crippen molar-refractivity contribution in [2.45, 2.75) is 24.9 Å². The Morgan fingerprint density at radius 3 is 2.45 bits per heavy atom. The first-order chi connectivity index (χ1) is 13.8. The highest BCUT2D eigenvalue weighted by Gasteiger charge is 2.44. The molecule has 0 aliphatic carbocycles. The van der Waals surface area contributed by atoms with Gasteiger partial charge in [-0.3, -0.25) is 9.59 Å². The number of likely N-dealkylation sites (tertiary alicyclic amines) is 1. The van der Waals surface area contributed by atoms with E-state index in [9.17, 15) is 9.59 Å². The number of hydrogen-bond donors (Lipinski definition) is 0. The lowest BCUT2D eigenvalue weighted by Crippen LogP contribution is -2.53. The van der Waals surface area contributed by atoms with Gasteiger partial charge >= 0.3 is 0 Å². The molecule has 5 nitrogen and oxygen atoms in total. The molecule has 2 aromatic rings. The van der Waals surface area contributed by atoms with E-state index in [4.69, 9.17) is 44.3 Å². The minimum Gasteiger partial charge on any atom is -0.484 e. The van der Waals surface area contributed by atoms with E-state index in [0.717, 1.165) is 0 Å². The number of ketones is 1. The summed E-state index contributed by atoms with van der Waals surface area (Å²) in [7, 11) is 0. The molecule has 152 valence electrons. The van der Waals surface area contributed by atoms with Crippen LogP contribution in [0.25, 0.3) is 0 Å². The third-order valence-corrected chi connectivity index (χ3v) is 6.06. The molecule has 29 heavy (non-hydrogen) atoms. The summed E-state index contributed by atoms with van der Waals surface area (Å²) in [4.78, 5) is 26.9. The molecule has 2 heterocycles. The summed E-state index contributed by atoms with van der Waals surface area (Å²) in [6.07, 6.45) is 1.34. The second kappa shape index (κ2) is 8.05. The smallest absolute Gasteiger partial charge is 0.260 e. The van der Waals surface area contributed by atoms with Crippen molar-refractivity contribution >= 4 is 46.5 Å². The molecule has 0 aromatic heterocycles. The van der Waals surface area contributed by atoms with Crippen LogP contribution in [-0.4, -0.2) is 41.9 Å². The number of hydrogen-bond acceptors (Lipinski definition) is 4. The summed E-state index contributed by atoms with van der Waals surface area (Å²) in [5.41, 5.74) is -0.224. The zero-order valence-electron chi connectivity index (χ0n) is 15.4. The average molecular weight is 455 g/mol. The Morgan fingerprint density at radius 1 is 1.07 bits per heavy atom. The number of halogens is 3. The van der Waals surface area contributed by atoms with E-state index < -0.39 is 5.60 Å². The first kappa shape index (κ1) is 20.3. The second-order valence-corrected chi connectivity index (χ2v) is 8.55. The number of amides is 1. The van der Waals surface area contributed by atoms with Gasteiger partial charge in [-0.25, -0.2) is 0 Å². The Labute approximate surface area is 183 Å². The molecule has 0 atom stereocenters. The van der Waals surface area contributed by atoms with Gasteiger partial charge < -0.3 is 14.4 Å². The third kappa shape index (κ3) is 4.32. The van der Waals surface area contributed by atoms with Crippen LogP contribution in [0.15, 0.2) is 36.4 Å². The Hall–Kier alpha value is -1.95. The third-order valence-electron chi connectivity index (χ3n) is 5.31. The maximum absolute atomic E-state index is 12.7. The molecule has 1 saturated heterocycles. The van der Waals surface area contributed by atoms with Crippen molar-refractivity contribution in [1.82, 2.24) is 4.90 Å². The van der Waals surface area contributed by atoms with E-state index >= 15 is 0 Å². The molecule has 0 bridgehead atoms. The lowest BCUT2D eigenvalue weighted by atomic mass is 9.82. The first-order valence-corrected chi connectivity index (χ1v) is 10.4. The van der Waals surface area contributed by atoms with Crippen LogP contribution in [0.3, 0.4) is 0 Å². The number of fused-ring (bicyclic) bond motifs is 1. The summed E-state index contributed by atoms with van der Waals surface area (Å²) in [5, 5.41) is 1.34. The van der Waals surface area contributed by atoms with Crippen LogP contribution in [0.4, 0.5) is 0 Å². The van der Waals surface area contributed by atoms with E-state index in [-0.39, 0.29) is 24.7 Å². The molecular formula is C21H18Cl3NO4. The summed E-state index contributed by atoms with van der Waals surface area (Å²) < 4.78 is 11.7.